The Morgan fingerprint density at radius 3 is 2.57 bits per heavy atom. The van der Waals surface area contributed by atoms with Crippen molar-refractivity contribution in [3.05, 3.63) is 34.7 Å². The molecule has 0 bridgehead atoms. The van der Waals surface area contributed by atoms with Gasteiger partial charge in [-0.2, -0.15) is 0 Å². The largest absolute Gasteiger partial charge is 0.219 e. The summed E-state index contributed by atoms with van der Waals surface area (Å²) in [6.45, 7) is 4.18. The van der Waals surface area contributed by atoms with Gasteiger partial charge in [-0.05, 0) is 29.2 Å². The van der Waals surface area contributed by atoms with Crippen LogP contribution in [-0.4, -0.2) is 8.42 Å². The zero-order valence-corrected chi connectivity index (χ0v) is 9.01. The molecule has 74 valence electrons. The summed E-state index contributed by atoms with van der Waals surface area (Å²) in [5.41, 5.74) is 1.99. The van der Waals surface area contributed by atoms with Gasteiger partial charge in [0.05, 0.1) is 4.90 Å². The molecule has 0 radical (unpaired) electrons. The first kappa shape index (κ1) is 9.46. The Morgan fingerprint density at radius 2 is 1.93 bits per heavy atom. The lowest BCUT2D eigenvalue weighted by molar-refractivity contribution is 0.605. The Bertz CT molecular complexity index is 496. The van der Waals surface area contributed by atoms with Gasteiger partial charge in [0.1, 0.15) is 0 Å². The molecular weight excluding hydrogens is 196 g/mol. The lowest BCUT2D eigenvalue weighted by atomic mass is 10.0. The normalized spacial score (nSPS) is 17.4. The standard InChI is InChI=1S/C11H12O2S/c1-8(2)9-3-4-11-10(7-9)5-6-14(11,12)13/h3-8H,1-2H3. The molecule has 0 unspecified atom stereocenters. The zero-order valence-electron chi connectivity index (χ0n) is 8.19. The van der Waals surface area contributed by atoms with Crippen LogP contribution in [0.5, 0.6) is 0 Å². The molecule has 0 aliphatic carbocycles. The highest BCUT2D eigenvalue weighted by atomic mass is 32.2. The molecule has 1 aromatic carbocycles. The highest BCUT2D eigenvalue weighted by Crippen LogP contribution is 2.29. The Balaban J connectivity index is 2.61. The van der Waals surface area contributed by atoms with E-state index in [-0.39, 0.29) is 0 Å². The molecule has 0 saturated heterocycles. The van der Waals surface area contributed by atoms with Crippen LogP contribution >= 0.6 is 0 Å². The minimum atomic E-state index is -3.13. The van der Waals surface area contributed by atoms with Crippen LogP contribution in [0.15, 0.2) is 28.5 Å². The predicted octanol–water partition coefficient (Wildman–Crippen LogP) is 2.57. The molecule has 1 aromatic rings. The lowest BCUT2D eigenvalue weighted by Gasteiger charge is -2.06. The van der Waals surface area contributed by atoms with Gasteiger partial charge in [-0.1, -0.05) is 26.0 Å². The van der Waals surface area contributed by atoms with Crippen LogP contribution in [0.25, 0.3) is 6.08 Å². The van der Waals surface area contributed by atoms with Crippen molar-refractivity contribution in [1.82, 2.24) is 0 Å². The zero-order chi connectivity index (χ0) is 10.3. The summed E-state index contributed by atoms with van der Waals surface area (Å²) < 4.78 is 22.9. The SMILES string of the molecule is CC(C)c1ccc2c(c1)C=CS2(=O)=O. The topological polar surface area (TPSA) is 34.1 Å². The van der Waals surface area contributed by atoms with E-state index in [4.69, 9.17) is 0 Å². The number of benzene rings is 1. The Hall–Kier alpha value is -1.09. The number of sulfone groups is 1. The molecule has 14 heavy (non-hydrogen) atoms. The van der Waals surface area contributed by atoms with E-state index in [1.807, 2.05) is 12.1 Å². The predicted molar refractivity (Wildman–Crippen MR) is 56.8 cm³/mol. The fourth-order valence-corrected chi connectivity index (χ4v) is 2.74. The summed E-state index contributed by atoms with van der Waals surface area (Å²) in [6.07, 6.45) is 1.66. The molecule has 0 amide bonds. The van der Waals surface area contributed by atoms with Crippen molar-refractivity contribution in [2.24, 2.45) is 0 Å². The molecule has 2 rings (SSSR count). The third-order valence-corrected chi connectivity index (χ3v) is 3.91. The van der Waals surface area contributed by atoms with Crippen LogP contribution in [0.3, 0.4) is 0 Å². The van der Waals surface area contributed by atoms with Gasteiger partial charge in [-0.15, -0.1) is 0 Å². The van der Waals surface area contributed by atoms with E-state index in [1.165, 1.54) is 11.0 Å². The van der Waals surface area contributed by atoms with Crippen molar-refractivity contribution < 1.29 is 8.42 Å². The molecule has 0 fully saturated rings. The van der Waals surface area contributed by atoms with Crippen LogP contribution in [0.4, 0.5) is 0 Å². The molecule has 1 heterocycles. The van der Waals surface area contributed by atoms with Gasteiger partial charge >= 0.3 is 0 Å². The molecule has 0 atom stereocenters. The third-order valence-electron chi connectivity index (χ3n) is 2.43. The lowest BCUT2D eigenvalue weighted by Crippen LogP contribution is -1.95. The highest BCUT2D eigenvalue weighted by molar-refractivity contribution is 7.94. The van der Waals surface area contributed by atoms with E-state index >= 15 is 0 Å². The Labute approximate surface area is 84.2 Å². The van der Waals surface area contributed by atoms with Gasteiger partial charge in [0.15, 0.2) is 9.84 Å². The second-order valence-electron chi connectivity index (χ2n) is 3.80. The van der Waals surface area contributed by atoms with E-state index < -0.39 is 9.84 Å². The van der Waals surface area contributed by atoms with Gasteiger partial charge in [0, 0.05) is 5.41 Å². The van der Waals surface area contributed by atoms with E-state index in [1.54, 1.807) is 12.1 Å². The van der Waals surface area contributed by atoms with Gasteiger partial charge in [-0.25, -0.2) is 8.42 Å². The maximum atomic E-state index is 11.4. The molecule has 1 aliphatic rings. The monoisotopic (exact) mass is 208 g/mol. The fraction of sp³-hybridized carbons (Fsp3) is 0.273. The summed E-state index contributed by atoms with van der Waals surface area (Å²) in [7, 11) is -3.13. The number of rotatable bonds is 1. The maximum Gasteiger partial charge on any atom is 0.200 e. The van der Waals surface area contributed by atoms with Gasteiger partial charge in [0.25, 0.3) is 0 Å². The quantitative estimate of drug-likeness (QED) is 0.710. The first-order chi connectivity index (χ1) is 6.50. The van der Waals surface area contributed by atoms with Crippen LogP contribution in [-0.2, 0) is 9.84 Å². The molecule has 3 heteroatoms. The number of fused-ring (bicyclic) bond motifs is 1. The molecular formula is C11H12O2S. The molecule has 0 saturated carbocycles. The van der Waals surface area contributed by atoms with Crippen molar-refractivity contribution in [1.29, 1.82) is 0 Å². The molecule has 1 aliphatic heterocycles. The number of hydrogen-bond acceptors (Lipinski definition) is 2. The first-order valence-corrected chi connectivity index (χ1v) is 6.12. The van der Waals surface area contributed by atoms with Gasteiger partial charge in [0.2, 0.25) is 0 Å². The van der Waals surface area contributed by atoms with Crippen molar-refractivity contribution in [3.63, 3.8) is 0 Å². The average Bonchev–Trinajstić information content (AvgIpc) is 2.42. The van der Waals surface area contributed by atoms with Crippen molar-refractivity contribution in [2.45, 2.75) is 24.7 Å². The van der Waals surface area contributed by atoms with Crippen LogP contribution in [0.2, 0.25) is 0 Å². The summed E-state index contributed by atoms with van der Waals surface area (Å²) in [4.78, 5) is 0.432. The molecule has 0 aromatic heterocycles. The minimum Gasteiger partial charge on any atom is -0.219 e. The van der Waals surface area contributed by atoms with Crippen LogP contribution in [0, 0.1) is 0 Å². The van der Waals surface area contributed by atoms with Crippen LogP contribution in [0.1, 0.15) is 30.9 Å². The van der Waals surface area contributed by atoms with E-state index in [2.05, 4.69) is 13.8 Å². The summed E-state index contributed by atoms with van der Waals surface area (Å²) in [5, 5.41) is 1.27. The summed E-state index contributed by atoms with van der Waals surface area (Å²) in [5.74, 6) is 0.428. The van der Waals surface area contributed by atoms with Crippen molar-refractivity contribution in [2.75, 3.05) is 0 Å². The van der Waals surface area contributed by atoms with Crippen LogP contribution < -0.4 is 0 Å². The smallest absolute Gasteiger partial charge is 0.200 e. The van der Waals surface area contributed by atoms with Gasteiger partial charge in [-0.3, -0.25) is 0 Å². The summed E-state index contributed by atoms with van der Waals surface area (Å²) >= 11 is 0. The second kappa shape index (κ2) is 2.95. The Kier molecular flexibility index (Phi) is 2.00. The minimum absolute atomic E-state index is 0.428. The Morgan fingerprint density at radius 1 is 1.21 bits per heavy atom. The molecule has 0 spiro atoms. The average molecular weight is 208 g/mol. The molecule has 0 N–H and O–H groups in total. The third kappa shape index (κ3) is 1.38. The van der Waals surface area contributed by atoms with Gasteiger partial charge < -0.3 is 0 Å². The van der Waals surface area contributed by atoms with E-state index in [9.17, 15) is 8.42 Å². The second-order valence-corrected chi connectivity index (χ2v) is 5.60. The maximum absolute atomic E-state index is 11.4. The fourth-order valence-electron chi connectivity index (χ4n) is 1.55. The van der Waals surface area contributed by atoms with E-state index in [0.29, 0.717) is 10.8 Å². The highest BCUT2D eigenvalue weighted by Gasteiger charge is 2.20. The number of hydrogen-bond donors (Lipinski definition) is 0. The first-order valence-electron chi connectivity index (χ1n) is 4.58. The van der Waals surface area contributed by atoms with Crippen molar-refractivity contribution in [3.8, 4) is 0 Å². The van der Waals surface area contributed by atoms with Crippen molar-refractivity contribution >= 4 is 15.9 Å². The summed E-state index contributed by atoms with van der Waals surface area (Å²) in [6, 6.07) is 5.52. The molecule has 2 nitrogen and oxygen atoms in total. The van der Waals surface area contributed by atoms with E-state index in [0.717, 1.165) is 5.56 Å².